The molecule has 1 aliphatic heterocycles. The number of halogens is 4. The molecule has 1 saturated carbocycles. The number of carbonyl (C=O) groups excluding carboxylic acids is 2. The summed E-state index contributed by atoms with van der Waals surface area (Å²) in [6, 6.07) is 2.21. The number of rotatable bonds is 5. The molecule has 9 heteroatoms. The van der Waals surface area contributed by atoms with E-state index in [9.17, 15) is 27.2 Å². The quantitative estimate of drug-likeness (QED) is 0.753. The molecule has 0 atom stereocenters. The van der Waals surface area contributed by atoms with Gasteiger partial charge in [-0.2, -0.15) is 13.2 Å². The number of alkyl halides is 3. The Morgan fingerprint density at radius 2 is 1.72 bits per heavy atom. The maximum Gasteiger partial charge on any atom is 0.419 e. The Labute approximate surface area is 167 Å². The predicted octanol–water partition coefficient (Wildman–Crippen LogP) is 2.91. The lowest BCUT2D eigenvalue weighted by atomic mass is 10.1. The van der Waals surface area contributed by atoms with Gasteiger partial charge in [0, 0.05) is 50.7 Å². The molecule has 2 amide bonds. The Kier molecular flexibility index (Phi) is 6.77. The fourth-order valence-electron chi connectivity index (χ4n) is 3.94. The number of amides is 2. The first-order valence-electron chi connectivity index (χ1n) is 9.92. The summed E-state index contributed by atoms with van der Waals surface area (Å²) in [5, 5.41) is 2.57. The van der Waals surface area contributed by atoms with Gasteiger partial charge in [-0.25, -0.2) is 4.39 Å². The second-order valence-corrected chi connectivity index (χ2v) is 7.60. The van der Waals surface area contributed by atoms with E-state index in [1.54, 1.807) is 0 Å². The van der Waals surface area contributed by atoms with Crippen LogP contribution in [0.2, 0.25) is 0 Å². The van der Waals surface area contributed by atoms with Crippen LogP contribution in [0.25, 0.3) is 0 Å². The van der Waals surface area contributed by atoms with Gasteiger partial charge in [0.05, 0.1) is 5.56 Å². The second kappa shape index (κ2) is 9.11. The normalized spacial score (nSPS) is 18.8. The lowest BCUT2D eigenvalue weighted by Crippen LogP contribution is -2.51. The lowest BCUT2D eigenvalue weighted by Gasteiger charge is -2.36. The van der Waals surface area contributed by atoms with Gasteiger partial charge in [-0.3, -0.25) is 14.5 Å². The fourth-order valence-corrected chi connectivity index (χ4v) is 3.94. The third kappa shape index (κ3) is 5.46. The number of hydrogen-bond acceptors (Lipinski definition) is 3. The molecule has 1 aromatic rings. The van der Waals surface area contributed by atoms with Gasteiger partial charge in [-0.15, -0.1) is 0 Å². The molecule has 2 fully saturated rings. The highest BCUT2D eigenvalue weighted by atomic mass is 19.4. The number of carbonyl (C=O) groups is 2. The van der Waals surface area contributed by atoms with Gasteiger partial charge in [0.2, 0.25) is 5.91 Å². The first kappa shape index (κ1) is 21.5. The highest BCUT2D eigenvalue weighted by molar-refractivity contribution is 5.94. The summed E-state index contributed by atoms with van der Waals surface area (Å²) in [6.07, 6.45) is -0.659. The smallest absolute Gasteiger partial charge is 0.351 e. The maximum absolute atomic E-state index is 13.3. The van der Waals surface area contributed by atoms with Gasteiger partial charge in [-0.05, 0) is 31.0 Å². The average Bonchev–Trinajstić information content (AvgIpc) is 3.22. The third-order valence-electron chi connectivity index (χ3n) is 5.64. The van der Waals surface area contributed by atoms with E-state index in [2.05, 4.69) is 10.2 Å². The molecule has 0 aromatic heterocycles. The number of hydrogen-bond donors (Lipinski definition) is 1. The summed E-state index contributed by atoms with van der Waals surface area (Å²) in [7, 11) is 0. The van der Waals surface area contributed by atoms with Crippen molar-refractivity contribution in [2.24, 2.45) is 5.92 Å². The van der Waals surface area contributed by atoms with Crippen molar-refractivity contribution >= 4 is 11.8 Å². The van der Waals surface area contributed by atoms with Crippen LogP contribution < -0.4 is 5.32 Å². The molecule has 0 bridgehead atoms. The van der Waals surface area contributed by atoms with E-state index >= 15 is 0 Å². The maximum atomic E-state index is 13.3. The number of piperazine rings is 1. The summed E-state index contributed by atoms with van der Waals surface area (Å²) < 4.78 is 51.6. The zero-order valence-corrected chi connectivity index (χ0v) is 16.1. The molecule has 3 rings (SSSR count). The van der Waals surface area contributed by atoms with Crippen LogP contribution in [0.1, 0.15) is 41.6 Å². The molecule has 1 heterocycles. The predicted molar refractivity (Wildman–Crippen MR) is 98.7 cm³/mol. The summed E-state index contributed by atoms with van der Waals surface area (Å²) in [4.78, 5) is 28.5. The van der Waals surface area contributed by atoms with Crippen molar-refractivity contribution in [1.82, 2.24) is 15.1 Å². The van der Waals surface area contributed by atoms with Gasteiger partial charge in [0.15, 0.2) is 0 Å². The summed E-state index contributed by atoms with van der Waals surface area (Å²) in [5.74, 6) is -1.67. The first-order chi connectivity index (χ1) is 13.8. The Bertz CT molecular complexity index is 740. The van der Waals surface area contributed by atoms with E-state index < -0.39 is 23.5 Å². The van der Waals surface area contributed by atoms with Crippen molar-refractivity contribution in [2.45, 2.75) is 31.9 Å². The summed E-state index contributed by atoms with van der Waals surface area (Å²) in [6.45, 7) is 3.48. The highest BCUT2D eigenvalue weighted by Crippen LogP contribution is 2.32. The van der Waals surface area contributed by atoms with Crippen LogP contribution in [-0.2, 0) is 11.0 Å². The lowest BCUT2D eigenvalue weighted by molar-refractivity contribution is -0.140. The van der Waals surface area contributed by atoms with E-state index in [1.165, 1.54) is 0 Å². The largest absolute Gasteiger partial charge is 0.419 e. The Morgan fingerprint density at radius 1 is 1.07 bits per heavy atom. The topological polar surface area (TPSA) is 52.7 Å². The molecule has 0 spiro atoms. The zero-order chi connectivity index (χ0) is 21.0. The fraction of sp³-hybridized carbons (Fsp3) is 0.600. The van der Waals surface area contributed by atoms with E-state index in [0.717, 1.165) is 31.7 Å². The molecule has 5 nitrogen and oxygen atoms in total. The van der Waals surface area contributed by atoms with E-state index in [-0.39, 0.29) is 23.9 Å². The van der Waals surface area contributed by atoms with Crippen molar-refractivity contribution in [3.05, 3.63) is 35.1 Å². The highest BCUT2D eigenvalue weighted by Gasteiger charge is 2.34. The summed E-state index contributed by atoms with van der Waals surface area (Å²) in [5.41, 5.74) is -1.68. The van der Waals surface area contributed by atoms with Gasteiger partial charge in [0.1, 0.15) is 5.82 Å². The van der Waals surface area contributed by atoms with Crippen LogP contribution in [0, 0.1) is 11.7 Å². The van der Waals surface area contributed by atoms with Crippen molar-refractivity contribution in [3.8, 4) is 0 Å². The Morgan fingerprint density at radius 3 is 2.34 bits per heavy atom. The molecule has 0 unspecified atom stereocenters. The van der Waals surface area contributed by atoms with E-state index in [1.807, 2.05) is 4.90 Å². The molecule has 29 heavy (non-hydrogen) atoms. The standard InChI is InChI=1S/C20H25F4N3O2/c21-17-6-5-15(13-16(17)20(22,23)24)18(28)25-7-8-26-9-11-27(12-10-26)19(29)14-3-1-2-4-14/h5-6,13-14H,1-4,7-12H2,(H,25,28). The number of nitrogens with one attached hydrogen (secondary N) is 1. The monoisotopic (exact) mass is 415 g/mol. The Balaban J connectivity index is 1.43. The van der Waals surface area contributed by atoms with Crippen LogP contribution in [0.3, 0.4) is 0 Å². The molecule has 1 N–H and O–H groups in total. The van der Waals surface area contributed by atoms with Crippen LogP contribution >= 0.6 is 0 Å². The van der Waals surface area contributed by atoms with Gasteiger partial charge in [-0.1, -0.05) is 12.8 Å². The molecule has 1 aliphatic carbocycles. The molecule has 0 radical (unpaired) electrons. The third-order valence-corrected chi connectivity index (χ3v) is 5.64. The summed E-state index contributed by atoms with van der Waals surface area (Å²) >= 11 is 0. The van der Waals surface area contributed by atoms with Crippen molar-refractivity contribution in [2.75, 3.05) is 39.3 Å². The minimum absolute atomic E-state index is 0.165. The molecular formula is C20H25F4N3O2. The van der Waals surface area contributed by atoms with Crippen LogP contribution in [0.5, 0.6) is 0 Å². The molecule has 1 saturated heterocycles. The minimum atomic E-state index is -4.85. The van der Waals surface area contributed by atoms with Crippen LogP contribution in [0.15, 0.2) is 18.2 Å². The van der Waals surface area contributed by atoms with Gasteiger partial charge in [0.25, 0.3) is 5.91 Å². The van der Waals surface area contributed by atoms with Crippen molar-refractivity contribution < 1.29 is 27.2 Å². The number of benzene rings is 1. The zero-order valence-electron chi connectivity index (χ0n) is 16.1. The molecule has 2 aliphatic rings. The first-order valence-corrected chi connectivity index (χ1v) is 9.92. The van der Waals surface area contributed by atoms with Crippen LogP contribution in [-0.4, -0.2) is 60.9 Å². The van der Waals surface area contributed by atoms with Gasteiger partial charge < -0.3 is 10.2 Å². The number of nitrogens with zero attached hydrogens (tertiary/aromatic N) is 2. The van der Waals surface area contributed by atoms with Crippen molar-refractivity contribution in [3.63, 3.8) is 0 Å². The average molecular weight is 415 g/mol. The SMILES string of the molecule is O=C(NCCN1CCN(C(=O)C2CCCC2)CC1)c1ccc(F)c(C(F)(F)F)c1. The Hall–Kier alpha value is -2.16. The molecule has 160 valence electrons. The molecular weight excluding hydrogens is 390 g/mol. The second-order valence-electron chi connectivity index (χ2n) is 7.60. The van der Waals surface area contributed by atoms with E-state index in [4.69, 9.17) is 0 Å². The van der Waals surface area contributed by atoms with Crippen molar-refractivity contribution in [1.29, 1.82) is 0 Å². The molecule has 1 aromatic carbocycles. The minimum Gasteiger partial charge on any atom is -0.351 e. The van der Waals surface area contributed by atoms with Gasteiger partial charge >= 0.3 is 6.18 Å². The van der Waals surface area contributed by atoms with E-state index in [0.29, 0.717) is 44.9 Å². The van der Waals surface area contributed by atoms with Crippen LogP contribution in [0.4, 0.5) is 17.6 Å².